The van der Waals surface area contributed by atoms with Gasteiger partial charge in [0, 0.05) is 25.4 Å². The quantitative estimate of drug-likeness (QED) is 0.313. The van der Waals surface area contributed by atoms with E-state index < -0.39 is 30.4 Å². The molecular weight excluding hydrogens is 278 g/mol. The summed E-state index contributed by atoms with van der Waals surface area (Å²) < 4.78 is 4.79. The Morgan fingerprint density at radius 1 is 1.05 bits per heavy atom. The van der Waals surface area contributed by atoms with Crippen LogP contribution in [0, 0.1) is 0 Å². The van der Waals surface area contributed by atoms with Crippen LogP contribution in [0.25, 0.3) is 0 Å². The Bertz CT molecular complexity index is 283. The summed E-state index contributed by atoms with van der Waals surface area (Å²) in [6.45, 7) is 0.0472. The van der Waals surface area contributed by atoms with Crippen LogP contribution in [0.15, 0.2) is 0 Å². The molecule has 98 valence electrons. The normalized spacial score (nSPS) is 10.7. The fourth-order valence-corrected chi connectivity index (χ4v) is 1.14. The molecule has 0 aromatic rings. The van der Waals surface area contributed by atoms with Crippen molar-refractivity contribution < 1.29 is 93.6 Å². The molecular formula is C10H14Na2O7. The molecule has 0 rings (SSSR count). The van der Waals surface area contributed by atoms with Gasteiger partial charge < -0.3 is 29.6 Å². The Kier molecular flexibility index (Phi) is 19.0. The van der Waals surface area contributed by atoms with Gasteiger partial charge >= 0.3 is 65.1 Å². The van der Waals surface area contributed by atoms with Crippen molar-refractivity contribution in [3.8, 4) is 0 Å². The van der Waals surface area contributed by atoms with Crippen LogP contribution in [0.5, 0.6) is 0 Å². The Hall–Kier alpha value is 0.370. The summed E-state index contributed by atoms with van der Waals surface area (Å²) in [7, 11) is 0. The van der Waals surface area contributed by atoms with Gasteiger partial charge in [-0.25, -0.2) is 0 Å². The zero-order valence-electron chi connectivity index (χ0n) is 11.2. The molecule has 1 atom stereocenters. The summed E-state index contributed by atoms with van der Waals surface area (Å²) in [5.41, 5.74) is 0. The topological polar surface area (TPSA) is 127 Å². The molecule has 1 N–H and O–H groups in total. The van der Waals surface area contributed by atoms with Crippen LogP contribution in [-0.4, -0.2) is 35.7 Å². The minimum atomic E-state index is -1.60. The number of carbonyl (C=O) groups is 3. The molecule has 0 aliphatic heterocycles. The van der Waals surface area contributed by atoms with E-state index in [2.05, 4.69) is 0 Å². The minimum absolute atomic E-state index is 0. The molecule has 0 fully saturated rings. The molecule has 0 saturated carbocycles. The SMILES string of the molecule is O=C([O-])CC(OCCCCCC(=O)O)C(=O)[O-].[Na+].[Na+]. The molecule has 0 aromatic heterocycles. The van der Waals surface area contributed by atoms with Crippen molar-refractivity contribution in [2.45, 2.75) is 38.2 Å². The van der Waals surface area contributed by atoms with Crippen LogP contribution in [-0.2, 0) is 19.1 Å². The maximum atomic E-state index is 10.4. The number of carboxylic acids is 3. The van der Waals surface area contributed by atoms with E-state index in [-0.39, 0.29) is 72.1 Å². The second kappa shape index (κ2) is 14.8. The number of hydrogen-bond donors (Lipinski definition) is 1. The number of hydrogen-bond acceptors (Lipinski definition) is 6. The average molecular weight is 292 g/mol. The molecule has 0 amide bonds. The van der Waals surface area contributed by atoms with Crippen LogP contribution in [0.1, 0.15) is 32.1 Å². The minimum Gasteiger partial charge on any atom is -0.550 e. The first-order valence-corrected chi connectivity index (χ1v) is 5.17. The third-order valence-corrected chi connectivity index (χ3v) is 1.97. The van der Waals surface area contributed by atoms with Gasteiger partial charge in [-0.1, -0.05) is 6.42 Å². The Labute approximate surface area is 155 Å². The third-order valence-electron chi connectivity index (χ3n) is 1.97. The van der Waals surface area contributed by atoms with E-state index in [1.165, 1.54) is 0 Å². The number of ether oxygens (including phenoxy) is 1. The van der Waals surface area contributed by atoms with Crippen molar-refractivity contribution in [2.24, 2.45) is 0 Å². The van der Waals surface area contributed by atoms with Crippen molar-refractivity contribution in [1.29, 1.82) is 0 Å². The Balaban J connectivity index is -0.00000128. The fraction of sp³-hybridized carbons (Fsp3) is 0.700. The molecule has 0 radical (unpaired) electrons. The zero-order chi connectivity index (χ0) is 13.3. The second-order valence-electron chi connectivity index (χ2n) is 3.46. The van der Waals surface area contributed by atoms with Gasteiger partial charge in [0.1, 0.15) is 6.10 Å². The zero-order valence-corrected chi connectivity index (χ0v) is 15.2. The summed E-state index contributed by atoms with van der Waals surface area (Å²) in [4.78, 5) is 30.8. The van der Waals surface area contributed by atoms with E-state index in [1.807, 2.05) is 0 Å². The van der Waals surface area contributed by atoms with Crippen LogP contribution in [0.3, 0.4) is 0 Å². The Morgan fingerprint density at radius 3 is 2.05 bits per heavy atom. The van der Waals surface area contributed by atoms with Crippen LogP contribution in [0.2, 0.25) is 0 Å². The second-order valence-corrected chi connectivity index (χ2v) is 3.46. The summed E-state index contributed by atoms with van der Waals surface area (Å²) in [6.07, 6.45) is -0.726. The monoisotopic (exact) mass is 292 g/mol. The van der Waals surface area contributed by atoms with Crippen molar-refractivity contribution >= 4 is 17.9 Å². The average Bonchev–Trinajstić information content (AvgIpc) is 2.20. The molecule has 7 nitrogen and oxygen atoms in total. The van der Waals surface area contributed by atoms with Crippen LogP contribution in [0.4, 0.5) is 0 Å². The number of aliphatic carboxylic acids is 3. The van der Waals surface area contributed by atoms with Gasteiger partial charge in [-0.15, -0.1) is 0 Å². The van der Waals surface area contributed by atoms with Gasteiger partial charge in [0.2, 0.25) is 0 Å². The summed E-state index contributed by atoms with van der Waals surface area (Å²) in [5.74, 6) is -4.01. The molecule has 0 spiro atoms. The number of rotatable bonds is 10. The van der Waals surface area contributed by atoms with E-state index in [4.69, 9.17) is 9.84 Å². The molecule has 9 heteroatoms. The van der Waals surface area contributed by atoms with E-state index in [0.29, 0.717) is 19.3 Å². The molecule has 0 aromatic carbocycles. The largest absolute Gasteiger partial charge is 1.00 e. The summed E-state index contributed by atoms with van der Waals surface area (Å²) >= 11 is 0. The van der Waals surface area contributed by atoms with Crippen molar-refractivity contribution in [3.05, 3.63) is 0 Å². The maximum absolute atomic E-state index is 10.4. The predicted molar refractivity (Wildman–Crippen MR) is 50.5 cm³/mol. The van der Waals surface area contributed by atoms with Crippen LogP contribution >= 0.6 is 0 Å². The fourth-order valence-electron chi connectivity index (χ4n) is 1.14. The van der Waals surface area contributed by atoms with Crippen LogP contribution < -0.4 is 69.3 Å². The van der Waals surface area contributed by atoms with Gasteiger partial charge in [-0.2, -0.15) is 0 Å². The molecule has 19 heavy (non-hydrogen) atoms. The number of unbranched alkanes of at least 4 members (excludes halogenated alkanes) is 2. The predicted octanol–water partition coefficient (Wildman–Crippen LogP) is -8.09. The Morgan fingerprint density at radius 2 is 1.63 bits per heavy atom. The van der Waals surface area contributed by atoms with E-state index in [1.54, 1.807) is 0 Å². The first-order valence-electron chi connectivity index (χ1n) is 5.17. The molecule has 0 heterocycles. The number of carbonyl (C=O) groups excluding carboxylic acids is 2. The summed E-state index contributed by atoms with van der Waals surface area (Å²) in [6, 6.07) is 0. The molecule has 0 saturated heterocycles. The molecule has 0 aliphatic carbocycles. The van der Waals surface area contributed by atoms with E-state index in [9.17, 15) is 24.6 Å². The van der Waals surface area contributed by atoms with E-state index in [0.717, 1.165) is 0 Å². The van der Waals surface area contributed by atoms with Gasteiger partial charge in [0.15, 0.2) is 0 Å². The molecule has 1 unspecified atom stereocenters. The van der Waals surface area contributed by atoms with Gasteiger partial charge in [-0.05, 0) is 12.8 Å². The van der Waals surface area contributed by atoms with Gasteiger partial charge in [0.05, 0.1) is 5.97 Å². The van der Waals surface area contributed by atoms with Crippen molar-refractivity contribution in [2.75, 3.05) is 6.61 Å². The van der Waals surface area contributed by atoms with Crippen molar-refractivity contribution in [3.63, 3.8) is 0 Å². The van der Waals surface area contributed by atoms with Crippen molar-refractivity contribution in [1.82, 2.24) is 0 Å². The maximum Gasteiger partial charge on any atom is 1.00 e. The first-order chi connectivity index (χ1) is 7.93. The molecule has 0 aliphatic rings. The summed E-state index contributed by atoms with van der Waals surface area (Å²) in [5, 5.41) is 29.0. The van der Waals surface area contributed by atoms with Gasteiger partial charge in [0.25, 0.3) is 0 Å². The first kappa shape index (κ1) is 24.4. The van der Waals surface area contributed by atoms with E-state index >= 15 is 0 Å². The molecule has 0 bridgehead atoms. The number of carboxylic acid groups (broad SMARTS) is 3. The standard InChI is InChI=1S/C10H16O7.2Na/c11-8(12)4-2-1-3-5-17-7(10(15)16)6-9(13)14;;/h7H,1-6H2,(H,11,12)(H,13,14)(H,15,16);;/q;2*+1/p-2. The smallest absolute Gasteiger partial charge is 0.550 e. The van der Waals surface area contributed by atoms with Gasteiger partial charge in [-0.3, -0.25) is 4.79 Å². The third kappa shape index (κ3) is 16.3.